The number of ether oxygens (including phenoxy) is 2. The van der Waals surface area contributed by atoms with Crippen molar-refractivity contribution in [1.82, 2.24) is 4.98 Å². The van der Waals surface area contributed by atoms with Gasteiger partial charge in [-0.05, 0) is 37.1 Å². The van der Waals surface area contributed by atoms with Crippen LogP contribution in [0.4, 0.5) is 0 Å². The maximum Gasteiger partial charge on any atom is 0.362 e. The number of hydrogen-bond acceptors (Lipinski definition) is 5. The molecule has 1 heterocycles. The first-order chi connectivity index (χ1) is 10.6. The minimum absolute atomic E-state index is 0.0641. The van der Waals surface area contributed by atoms with E-state index in [0.29, 0.717) is 12.4 Å². The van der Waals surface area contributed by atoms with Gasteiger partial charge in [0.25, 0.3) is 0 Å². The molecule has 0 aliphatic heterocycles. The number of benzene rings is 1. The first kappa shape index (κ1) is 15.7. The van der Waals surface area contributed by atoms with Gasteiger partial charge >= 0.3 is 11.9 Å². The molecule has 5 nitrogen and oxygen atoms in total. The number of aryl methyl sites for hydroxylation is 1. The van der Waals surface area contributed by atoms with Gasteiger partial charge in [0.1, 0.15) is 17.1 Å². The van der Waals surface area contributed by atoms with Crippen LogP contribution in [0.2, 0.25) is 0 Å². The Labute approximate surface area is 128 Å². The van der Waals surface area contributed by atoms with E-state index in [2.05, 4.69) is 4.98 Å². The zero-order valence-corrected chi connectivity index (χ0v) is 12.5. The molecular weight excluding hydrogens is 282 g/mol. The average molecular weight is 299 g/mol. The second-order valence-corrected chi connectivity index (χ2v) is 4.70. The molecule has 1 aromatic carbocycles. The van der Waals surface area contributed by atoms with Gasteiger partial charge in [-0.25, -0.2) is 14.6 Å². The van der Waals surface area contributed by atoms with Crippen LogP contribution in [0.5, 0.6) is 5.75 Å². The van der Waals surface area contributed by atoms with Gasteiger partial charge in [-0.15, -0.1) is 0 Å². The maximum absolute atomic E-state index is 12.1. The summed E-state index contributed by atoms with van der Waals surface area (Å²) in [5.41, 5.74) is 0.997. The zero-order valence-electron chi connectivity index (χ0n) is 12.5. The van der Waals surface area contributed by atoms with Crippen molar-refractivity contribution in [3.8, 4) is 5.75 Å². The van der Waals surface area contributed by atoms with Crippen molar-refractivity contribution in [1.29, 1.82) is 0 Å². The van der Waals surface area contributed by atoms with Crippen LogP contribution in [0.25, 0.3) is 0 Å². The topological polar surface area (TPSA) is 65.5 Å². The molecule has 0 saturated heterocycles. The number of rotatable bonds is 5. The minimum atomic E-state index is -0.612. The number of aromatic nitrogens is 1. The van der Waals surface area contributed by atoms with E-state index < -0.39 is 11.9 Å². The zero-order chi connectivity index (χ0) is 15.9. The summed E-state index contributed by atoms with van der Waals surface area (Å²) < 4.78 is 10.3. The van der Waals surface area contributed by atoms with Gasteiger partial charge in [0.05, 0.1) is 6.61 Å². The second kappa shape index (κ2) is 7.36. The van der Waals surface area contributed by atoms with Crippen LogP contribution in [0, 0.1) is 6.92 Å². The van der Waals surface area contributed by atoms with Crippen LogP contribution in [0.3, 0.4) is 0 Å². The molecule has 2 rings (SSSR count). The molecule has 0 unspecified atom stereocenters. The number of para-hydroxylation sites is 1. The van der Waals surface area contributed by atoms with E-state index in [1.807, 2.05) is 26.0 Å². The smallest absolute Gasteiger partial charge is 0.362 e. The lowest BCUT2D eigenvalue weighted by atomic mass is 10.2. The monoisotopic (exact) mass is 299 g/mol. The quantitative estimate of drug-likeness (QED) is 0.626. The van der Waals surface area contributed by atoms with Crippen molar-refractivity contribution in [3.05, 3.63) is 59.4 Å². The SMILES string of the molecule is CCCOC(=O)c1cccc(C(=O)Oc2ccccc2C)n1. The minimum Gasteiger partial charge on any atom is -0.461 e. The van der Waals surface area contributed by atoms with Crippen LogP contribution in [-0.4, -0.2) is 23.5 Å². The molecule has 0 fully saturated rings. The molecule has 0 aliphatic rings. The third kappa shape index (κ3) is 3.91. The molecule has 5 heteroatoms. The van der Waals surface area contributed by atoms with Crippen molar-refractivity contribution in [2.45, 2.75) is 20.3 Å². The van der Waals surface area contributed by atoms with Crippen molar-refractivity contribution < 1.29 is 19.1 Å². The predicted octanol–water partition coefficient (Wildman–Crippen LogP) is 3.18. The third-order valence-electron chi connectivity index (χ3n) is 2.90. The van der Waals surface area contributed by atoms with Gasteiger partial charge < -0.3 is 9.47 Å². The summed E-state index contributed by atoms with van der Waals surface area (Å²) in [6, 6.07) is 11.8. The Morgan fingerprint density at radius 1 is 1.00 bits per heavy atom. The van der Waals surface area contributed by atoms with Crippen molar-refractivity contribution in [3.63, 3.8) is 0 Å². The highest BCUT2D eigenvalue weighted by Crippen LogP contribution is 2.17. The second-order valence-electron chi connectivity index (χ2n) is 4.70. The normalized spacial score (nSPS) is 10.1. The fourth-order valence-electron chi connectivity index (χ4n) is 1.75. The number of hydrogen-bond donors (Lipinski definition) is 0. The average Bonchev–Trinajstić information content (AvgIpc) is 2.54. The van der Waals surface area contributed by atoms with Gasteiger partial charge in [-0.1, -0.05) is 31.2 Å². The summed E-state index contributed by atoms with van der Waals surface area (Å²) in [4.78, 5) is 27.9. The maximum atomic E-state index is 12.1. The van der Waals surface area contributed by atoms with E-state index >= 15 is 0 Å². The lowest BCUT2D eigenvalue weighted by Gasteiger charge is -2.07. The number of esters is 2. The molecule has 0 spiro atoms. The summed E-state index contributed by atoms with van der Waals surface area (Å²) in [6.07, 6.45) is 0.723. The lowest BCUT2D eigenvalue weighted by molar-refractivity contribution is 0.0498. The Morgan fingerprint density at radius 2 is 1.68 bits per heavy atom. The summed E-state index contributed by atoms with van der Waals surface area (Å²) in [5, 5.41) is 0. The van der Waals surface area contributed by atoms with E-state index in [1.54, 1.807) is 18.2 Å². The Hall–Kier alpha value is -2.69. The van der Waals surface area contributed by atoms with E-state index in [-0.39, 0.29) is 11.4 Å². The van der Waals surface area contributed by atoms with Crippen LogP contribution >= 0.6 is 0 Å². The van der Waals surface area contributed by atoms with E-state index in [9.17, 15) is 9.59 Å². The molecule has 2 aromatic rings. The van der Waals surface area contributed by atoms with Gasteiger partial charge in [0, 0.05) is 0 Å². The Kier molecular flexibility index (Phi) is 5.25. The molecule has 22 heavy (non-hydrogen) atoms. The van der Waals surface area contributed by atoms with Crippen LogP contribution < -0.4 is 4.74 Å². The Morgan fingerprint density at radius 3 is 2.36 bits per heavy atom. The molecule has 0 aliphatic carbocycles. The number of carbonyl (C=O) groups is 2. The number of nitrogens with zero attached hydrogens (tertiary/aromatic N) is 1. The van der Waals surface area contributed by atoms with Gasteiger partial charge in [-0.2, -0.15) is 0 Å². The van der Waals surface area contributed by atoms with Crippen LogP contribution in [-0.2, 0) is 4.74 Å². The highest BCUT2D eigenvalue weighted by molar-refractivity contribution is 5.92. The molecule has 0 bridgehead atoms. The van der Waals surface area contributed by atoms with E-state index in [4.69, 9.17) is 9.47 Å². The highest BCUT2D eigenvalue weighted by Gasteiger charge is 2.15. The predicted molar refractivity (Wildman–Crippen MR) is 80.9 cm³/mol. The van der Waals surface area contributed by atoms with E-state index in [0.717, 1.165) is 12.0 Å². The third-order valence-corrected chi connectivity index (χ3v) is 2.90. The molecule has 0 radical (unpaired) electrons. The standard InChI is InChI=1S/C17H17NO4/c1-3-11-21-16(19)13-8-6-9-14(18-13)17(20)22-15-10-5-4-7-12(15)2/h4-10H,3,11H2,1-2H3. The summed E-state index contributed by atoms with van der Waals surface area (Å²) in [6.45, 7) is 4.06. The van der Waals surface area contributed by atoms with Crippen molar-refractivity contribution >= 4 is 11.9 Å². The van der Waals surface area contributed by atoms with Crippen molar-refractivity contribution in [2.75, 3.05) is 6.61 Å². The van der Waals surface area contributed by atoms with Crippen LogP contribution in [0.15, 0.2) is 42.5 Å². The van der Waals surface area contributed by atoms with E-state index in [1.165, 1.54) is 12.1 Å². The first-order valence-electron chi connectivity index (χ1n) is 7.03. The molecule has 0 atom stereocenters. The highest BCUT2D eigenvalue weighted by atomic mass is 16.5. The van der Waals surface area contributed by atoms with Gasteiger partial charge in [-0.3, -0.25) is 0 Å². The number of carbonyl (C=O) groups excluding carboxylic acids is 2. The largest absolute Gasteiger partial charge is 0.461 e. The lowest BCUT2D eigenvalue weighted by Crippen LogP contribution is -2.15. The summed E-state index contributed by atoms with van der Waals surface area (Å²) >= 11 is 0. The fourth-order valence-corrected chi connectivity index (χ4v) is 1.75. The first-order valence-corrected chi connectivity index (χ1v) is 7.03. The Bertz CT molecular complexity index is 682. The molecule has 0 N–H and O–H groups in total. The van der Waals surface area contributed by atoms with Crippen LogP contribution in [0.1, 0.15) is 39.9 Å². The molecular formula is C17H17NO4. The molecule has 0 amide bonds. The fraction of sp³-hybridized carbons (Fsp3) is 0.235. The van der Waals surface area contributed by atoms with Gasteiger partial charge in [0.2, 0.25) is 0 Å². The summed E-state index contributed by atoms with van der Waals surface area (Å²) in [7, 11) is 0. The van der Waals surface area contributed by atoms with Gasteiger partial charge in [0.15, 0.2) is 0 Å². The molecule has 114 valence electrons. The summed E-state index contributed by atoms with van der Waals surface area (Å²) in [5.74, 6) is -0.694. The molecule has 1 aromatic heterocycles. The van der Waals surface area contributed by atoms with Crippen molar-refractivity contribution in [2.24, 2.45) is 0 Å². The molecule has 0 saturated carbocycles. The Balaban J connectivity index is 2.13. The number of pyridine rings is 1.